The van der Waals surface area contributed by atoms with Crippen molar-refractivity contribution in [2.24, 2.45) is 9.98 Å². The Hall–Kier alpha value is -4.12. The van der Waals surface area contributed by atoms with Crippen molar-refractivity contribution in [3.63, 3.8) is 0 Å². The van der Waals surface area contributed by atoms with Crippen LogP contribution in [0, 0.1) is 23.5 Å². The zero-order chi connectivity index (χ0) is 23.4. The summed E-state index contributed by atoms with van der Waals surface area (Å²) in [6.07, 6.45) is 1.32. The van der Waals surface area contributed by atoms with Gasteiger partial charge in [-0.05, 0) is 51.8 Å². The van der Waals surface area contributed by atoms with Crippen LogP contribution in [0.5, 0.6) is 0 Å². The highest BCUT2D eigenvalue weighted by atomic mass is 19.1. The van der Waals surface area contributed by atoms with E-state index in [1.54, 1.807) is 45.0 Å². The van der Waals surface area contributed by atoms with Crippen LogP contribution in [0.25, 0.3) is 5.69 Å². The van der Waals surface area contributed by atoms with Gasteiger partial charge in [0.1, 0.15) is 5.69 Å². The molecule has 0 unspecified atom stereocenters. The number of benzene rings is 2. The third kappa shape index (κ3) is 4.18. The fraction of sp³-hybridized carbons (Fsp3) is 0.167. The van der Waals surface area contributed by atoms with Gasteiger partial charge in [0.2, 0.25) is 0 Å². The minimum Gasteiger partial charge on any atom is -0.273 e. The first-order chi connectivity index (χ1) is 15.3. The van der Waals surface area contributed by atoms with Gasteiger partial charge in [-0.2, -0.15) is 0 Å². The molecule has 0 aliphatic rings. The number of aromatic nitrogens is 2. The molecule has 0 aliphatic carbocycles. The number of halogens is 2. The molecule has 3 aromatic rings. The molecule has 1 heterocycles. The molecule has 0 radical (unpaired) electrons. The van der Waals surface area contributed by atoms with Crippen molar-refractivity contribution >= 4 is 24.4 Å². The van der Waals surface area contributed by atoms with E-state index in [1.807, 2.05) is 6.07 Å². The molecule has 0 saturated carbocycles. The number of hydrogen-bond acceptors (Lipinski definition) is 4. The summed E-state index contributed by atoms with van der Waals surface area (Å²) in [6.45, 7) is 8.29. The van der Waals surface area contributed by atoms with E-state index in [0.29, 0.717) is 10.1 Å². The third-order valence-electron chi connectivity index (χ3n) is 4.53. The average Bonchev–Trinajstić information content (AvgIpc) is 2.76. The minimum atomic E-state index is -1.11. The third-order valence-corrected chi connectivity index (χ3v) is 4.53. The molecule has 0 aliphatic heterocycles. The first kappa shape index (κ1) is 22.6. The van der Waals surface area contributed by atoms with Crippen molar-refractivity contribution < 1.29 is 8.78 Å². The van der Waals surface area contributed by atoms with Crippen LogP contribution in [0.2, 0.25) is 0 Å². The molecule has 0 amide bonds. The predicted molar refractivity (Wildman–Crippen MR) is 122 cm³/mol. The Morgan fingerprint density at radius 3 is 2.16 bits per heavy atom. The molecular weight excluding hydrogens is 414 g/mol. The lowest BCUT2D eigenvalue weighted by molar-refractivity contribution is 0.526. The highest BCUT2D eigenvalue weighted by molar-refractivity contribution is 5.68. The molecule has 6 nitrogen and oxygen atoms in total. The number of aliphatic imine (C=N–C) groups is 2. The van der Waals surface area contributed by atoms with Crippen LogP contribution in [0.4, 0.5) is 20.3 Å². The highest BCUT2D eigenvalue weighted by Gasteiger charge is 2.24. The van der Waals surface area contributed by atoms with Crippen molar-refractivity contribution in [3.8, 4) is 17.5 Å². The Labute approximate surface area is 183 Å². The smallest absolute Gasteiger partial charge is 0.273 e. The topological polar surface area (TPSA) is 68.7 Å². The maximum absolute atomic E-state index is 15.0. The lowest BCUT2D eigenvalue weighted by atomic mass is 10.1. The first-order valence-corrected chi connectivity index (χ1v) is 9.73. The summed E-state index contributed by atoms with van der Waals surface area (Å²) in [6, 6.07) is 10.4. The summed E-state index contributed by atoms with van der Waals surface area (Å²) in [7, 11) is 0. The van der Waals surface area contributed by atoms with Crippen LogP contribution >= 0.6 is 0 Å². The normalized spacial score (nSPS) is 10.9. The van der Waals surface area contributed by atoms with Gasteiger partial charge in [0, 0.05) is 23.4 Å². The van der Waals surface area contributed by atoms with Gasteiger partial charge in [-0.3, -0.25) is 14.4 Å². The zero-order valence-corrected chi connectivity index (χ0v) is 17.8. The summed E-state index contributed by atoms with van der Waals surface area (Å²) >= 11 is 0. The van der Waals surface area contributed by atoms with E-state index in [4.69, 9.17) is 0 Å². The van der Waals surface area contributed by atoms with Crippen molar-refractivity contribution in [2.45, 2.75) is 26.8 Å². The van der Waals surface area contributed by atoms with Gasteiger partial charge in [-0.15, -0.1) is 0 Å². The standard InChI is InChI=1S/C24H20F2N4O2/c1-5-28-20-22(27-4)29(15(2)3)24(32)30(23(20)31)21-18(25)13-17(14-19(21)26)12-11-16-9-7-6-8-10-16/h5-10,13-15H,4H2,1-3H3. The van der Waals surface area contributed by atoms with E-state index >= 15 is 8.78 Å². The van der Waals surface area contributed by atoms with E-state index in [-0.39, 0.29) is 17.1 Å². The lowest BCUT2D eigenvalue weighted by Crippen LogP contribution is -2.40. The Bertz CT molecular complexity index is 1370. The summed E-state index contributed by atoms with van der Waals surface area (Å²) in [5, 5.41) is 0. The van der Waals surface area contributed by atoms with Gasteiger partial charge in [0.15, 0.2) is 23.1 Å². The maximum Gasteiger partial charge on any atom is 0.337 e. The second-order valence-corrected chi connectivity index (χ2v) is 7.01. The quantitative estimate of drug-likeness (QED) is 0.454. The van der Waals surface area contributed by atoms with Crippen molar-refractivity contribution in [1.82, 2.24) is 9.13 Å². The Morgan fingerprint density at radius 2 is 1.62 bits per heavy atom. The molecular formula is C24H20F2N4O2. The van der Waals surface area contributed by atoms with E-state index in [9.17, 15) is 9.59 Å². The Morgan fingerprint density at radius 1 is 1.03 bits per heavy atom. The van der Waals surface area contributed by atoms with E-state index in [2.05, 4.69) is 28.5 Å². The molecule has 0 N–H and O–H groups in total. The summed E-state index contributed by atoms with van der Waals surface area (Å²) in [4.78, 5) is 33.8. The SMILES string of the molecule is C=Nc1c(N=CC)c(=O)n(-c2c(F)cc(C#Cc3ccccc3)cc2F)c(=O)n1C(C)C. The van der Waals surface area contributed by atoms with Crippen LogP contribution in [0.1, 0.15) is 37.9 Å². The largest absolute Gasteiger partial charge is 0.337 e. The van der Waals surface area contributed by atoms with Gasteiger partial charge in [0.25, 0.3) is 5.56 Å². The number of hydrogen-bond donors (Lipinski definition) is 0. The van der Waals surface area contributed by atoms with Gasteiger partial charge in [-0.1, -0.05) is 30.0 Å². The van der Waals surface area contributed by atoms with Gasteiger partial charge in [-0.25, -0.2) is 23.1 Å². The first-order valence-electron chi connectivity index (χ1n) is 9.73. The molecule has 0 atom stereocenters. The van der Waals surface area contributed by atoms with Crippen molar-refractivity contribution in [2.75, 3.05) is 0 Å². The molecule has 0 bridgehead atoms. The minimum absolute atomic E-state index is 0.0565. The van der Waals surface area contributed by atoms with Gasteiger partial charge >= 0.3 is 5.69 Å². The molecule has 32 heavy (non-hydrogen) atoms. The molecule has 0 saturated heterocycles. The van der Waals surface area contributed by atoms with Gasteiger partial charge < -0.3 is 0 Å². The molecule has 8 heteroatoms. The average molecular weight is 434 g/mol. The molecule has 0 fully saturated rings. The molecule has 1 aromatic heterocycles. The zero-order valence-electron chi connectivity index (χ0n) is 17.8. The number of rotatable bonds is 4. The summed E-state index contributed by atoms with van der Waals surface area (Å²) < 4.78 is 31.6. The summed E-state index contributed by atoms with van der Waals surface area (Å²) in [5.74, 6) is 3.20. The Balaban J connectivity index is 2.29. The van der Waals surface area contributed by atoms with E-state index in [0.717, 1.165) is 16.7 Å². The van der Waals surface area contributed by atoms with Gasteiger partial charge in [0.05, 0.1) is 0 Å². The lowest BCUT2D eigenvalue weighted by Gasteiger charge is -2.18. The van der Waals surface area contributed by atoms with Crippen LogP contribution in [-0.2, 0) is 0 Å². The monoisotopic (exact) mass is 434 g/mol. The molecule has 2 aromatic carbocycles. The van der Waals surface area contributed by atoms with E-state index < -0.39 is 34.6 Å². The maximum atomic E-state index is 15.0. The van der Waals surface area contributed by atoms with Crippen LogP contribution in [-0.4, -0.2) is 22.1 Å². The summed E-state index contributed by atoms with van der Waals surface area (Å²) in [5.41, 5.74) is -2.29. The molecule has 3 rings (SSSR count). The fourth-order valence-electron chi connectivity index (χ4n) is 3.17. The van der Waals surface area contributed by atoms with E-state index in [1.165, 1.54) is 6.21 Å². The molecule has 162 valence electrons. The van der Waals surface area contributed by atoms with Crippen molar-refractivity contribution in [1.29, 1.82) is 0 Å². The Kier molecular flexibility index (Phi) is 6.59. The number of nitrogens with zero attached hydrogens (tertiary/aromatic N) is 4. The predicted octanol–water partition coefficient (Wildman–Crippen LogP) is 4.31. The second kappa shape index (κ2) is 9.35. The van der Waals surface area contributed by atoms with Crippen LogP contribution in [0.3, 0.4) is 0 Å². The second-order valence-electron chi connectivity index (χ2n) is 7.01. The highest BCUT2D eigenvalue weighted by Crippen LogP contribution is 2.26. The van der Waals surface area contributed by atoms with Crippen LogP contribution in [0.15, 0.2) is 62.0 Å². The fourth-order valence-corrected chi connectivity index (χ4v) is 3.17. The van der Waals surface area contributed by atoms with Crippen molar-refractivity contribution in [3.05, 3.63) is 86.1 Å². The molecule has 0 spiro atoms. The van der Waals surface area contributed by atoms with Crippen LogP contribution < -0.4 is 11.2 Å².